The van der Waals surface area contributed by atoms with Gasteiger partial charge in [-0.1, -0.05) is 115 Å². The highest BCUT2D eigenvalue weighted by molar-refractivity contribution is 5.66. The van der Waals surface area contributed by atoms with Crippen molar-refractivity contribution < 1.29 is 9.53 Å². The Morgan fingerprint density at radius 1 is 0.750 bits per heavy atom. The Balaban J connectivity index is 3.26. The van der Waals surface area contributed by atoms with Crippen molar-refractivity contribution in [3.63, 3.8) is 0 Å². The number of rotatable bonds is 24. The van der Waals surface area contributed by atoms with Crippen molar-refractivity contribution in [2.24, 2.45) is 0 Å². The average molecular weight is 446 g/mol. The maximum Gasteiger partial charge on any atom is 0.303 e. The van der Waals surface area contributed by atoms with Crippen LogP contribution in [0.1, 0.15) is 142 Å². The van der Waals surface area contributed by atoms with E-state index in [4.69, 9.17) is 10.00 Å². The number of ether oxygens (including phenoxy) is 1. The van der Waals surface area contributed by atoms with Crippen molar-refractivity contribution in [1.29, 1.82) is 5.26 Å². The number of carbonyl (C=O) groups excluding carboxylic acids is 1. The molecule has 0 aromatic carbocycles. The molecule has 184 valence electrons. The molecular formula is C29H51NO2. The standard InChI is InChI=1S/C29H51NO2/c1-3-4-5-6-7-8-9-10-11-12-13-14-15-16-17-18-19-20-21-22-23-25-29(26-24-27-30)32-28(2)31/h3,24,26,29H,1,4-23,25H2,2H3. The van der Waals surface area contributed by atoms with Crippen LogP contribution >= 0.6 is 0 Å². The number of carbonyl (C=O) groups is 1. The number of esters is 1. The Morgan fingerprint density at radius 2 is 1.12 bits per heavy atom. The summed E-state index contributed by atoms with van der Waals surface area (Å²) in [5, 5.41) is 8.62. The summed E-state index contributed by atoms with van der Waals surface area (Å²) < 4.78 is 5.22. The van der Waals surface area contributed by atoms with Crippen molar-refractivity contribution >= 4 is 5.97 Å². The minimum absolute atomic E-state index is 0.246. The molecule has 0 heterocycles. The number of allylic oxidation sites excluding steroid dienone is 2. The molecule has 0 aliphatic heterocycles. The van der Waals surface area contributed by atoms with E-state index in [0.29, 0.717) is 0 Å². The third-order valence-corrected chi connectivity index (χ3v) is 6.10. The lowest BCUT2D eigenvalue weighted by molar-refractivity contribution is -0.144. The summed E-state index contributed by atoms with van der Waals surface area (Å²) in [4.78, 5) is 11.1. The van der Waals surface area contributed by atoms with E-state index in [1.54, 1.807) is 6.08 Å². The highest BCUT2D eigenvalue weighted by Crippen LogP contribution is 2.16. The van der Waals surface area contributed by atoms with Crippen molar-refractivity contribution in [3.05, 3.63) is 24.8 Å². The second-order valence-electron chi connectivity index (χ2n) is 9.22. The van der Waals surface area contributed by atoms with E-state index >= 15 is 0 Å². The molecule has 0 saturated carbocycles. The monoisotopic (exact) mass is 445 g/mol. The maximum atomic E-state index is 11.1. The highest BCUT2D eigenvalue weighted by atomic mass is 16.5. The zero-order chi connectivity index (χ0) is 23.5. The summed E-state index contributed by atoms with van der Waals surface area (Å²) in [7, 11) is 0. The fraction of sp³-hybridized carbons (Fsp3) is 0.793. The molecule has 3 heteroatoms. The van der Waals surface area contributed by atoms with Gasteiger partial charge in [0, 0.05) is 13.0 Å². The Labute approximate surface area is 199 Å². The van der Waals surface area contributed by atoms with Crippen LogP contribution in [-0.2, 0) is 9.53 Å². The highest BCUT2D eigenvalue weighted by Gasteiger charge is 2.07. The topological polar surface area (TPSA) is 50.1 Å². The fourth-order valence-corrected chi connectivity index (χ4v) is 4.20. The van der Waals surface area contributed by atoms with Gasteiger partial charge in [0.1, 0.15) is 6.10 Å². The quantitative estimate of drug-likeness (QED) is 0.0643. The predicted octanol–water partition coefficient (Wildman–Crippen LogP) is 9.38. The number of hydrogen-bond acceptors (Lipinski definition) is 3. The van der Waals surface area contributed by atoms with Crippen molar-refractivity contribution in [3.8, 4) is 6.07 Å². The molecule has 32 heavy (non-hydrogen) atoms. The van der Waals surface area contributed by atoms with E-state index < -0.39 is 0 Å². The summed E-state index contributed by atoms with van der Waals surface area (Å²) in [5.74, 6) is -0.279. The smallest absolute Gasteiger partial charge is 0.303 e. The lowest BCUT2D eigenvalue weighted by Gasteiger charge is -2.12. The first-order chi connectivity index (χ1) is 15.7. The van der Waals surface area contributed by atoms with Gasteiger partial charge in [0.2, 0.25) is 0 Å². The van der Waals surface area contributed by atoms with Gasteiger partial charge in [-0.25, -0.2) is 0 Å². The molecule has 0 fully saturated rings. The lowest BCUT2D eigenvalue weighted by atomic mass is 10.0. The number of nitrogens with zero attached hydrogens (tertiary/aromatic N) is 1. The zero-order valence-corrected chi connectivity index (χ0v) is 21.1. The molecule has 0 aliphatic rings. The van der Waals surface area contributed by atoms with Gasteiger partial charge >= 0.3 is 5.97 Å². The second-order valence-corrected chi connectivity index (χ2v) is 9.22. The van der Waals surface area contributed by atoms with Crippen LogP contribution in [0.2, 0.25) is 0 Å². The van der Waals surface area contributed by atoms with Gasteiger partial charge < -0.3 is 4.74 Å². The molecule has 1 atom stereocenters. The van der Waals surface area contributed by atoms with E-state index in [0.717, 1.165) is 12.8 Å². The third kappa shape index (κ3) is 24.7. The van der Waals surface area contributed by atoms with E-state index in [2.05, 4.69) is 6.58 Å². The summed E-state index contributed by atoms with van der Waals surface area (Å²) in [6.45, 7) is 5.20. The van der Waals surface area contributed by atoms with Crippen LogP contribution in [0.25, 0.3) is 0 Å². The van der Waals surface area contributed by atoms with Crippen LogP contribution in [0, 0.1) is 11.3 Å². The molecule has 3 nitrogen and oxygen atoms in total. The number of hydrogen-bond donors (Lipinski definition) is 0. The largest absolute Gasteiger partial charge is 0.458 e. The van der Waals surface area contributed by atoms with Crippen LogP contribution in [0.15, 0.2) is 24.8 Å². The SMILES string of the molecule is C=CCCCCCCCCCCCCCCCCCCCCCC(C=CC#N)OC(C)=O. The van der Waals surface area contributed by atoms with Crippen molar-refractivity contribution in [2.75, 3.05) is 0 Å². The van der Waals surface area contributed by atoms with Gasteiger partial charge in [-0.05, 0) is 31.8 Å². The molecule has 0 radical (unpaired) electrons. The summed E-state index contributed by atoms with van der Waals surface area (Å²) in [6, 6.07) is 1.96. The Bertz CT molecular complexity index is 492. The summed E-state index contributed by atoms with van der Waals surface area (Å²) >= 11 is 0. The Hall–Kier alpha value is -1.56. The number of nitriles is 1. The van der Waals surface area contributed by atoms with Gasteiger partial charge in [0.15, 0.2) is 0 Å². The molecule has 1 unspecified atom stereocenters. The van der Waals surface area contributed by atoms with Crippen LogP contribution in [0.4, 0.5) is 0 Å². The fourth-order valence-electron chi connectivity index (χ4n) is 4.20. The van der Waals surface area contributed by atoms with Crippen LogP contribution < -0.4 is 0 Å². The zero-order valence-electron chi connectivity index (χ0n) is 21.1. The molecule has 0 N–H and O–H groups in total. The van der Waals surface area contributed by atoms with Gasteiger partial charge in [-0.2, -0.15) is 5.26 Å². The first-order valence-electron chi connectivity index (χ1n) is 13.5. The molecule has 0 rings (SSSR count). The van der Waals surface area contributed by atoms with Crippen LogP contribution in [0.5, 0.6) is 0 Å². The van der Waals surface area contributed by atoms with E-state index in [1.165, 1.54) is 135 Å². The van der Waals surface area contributed by atoms with E-state index in [-0.39, 0.29) is 12.1 Å². The molecule has 0 bridgehead atoms. The van der Waals surface area contributed by atoms with Crippen LogP contribution in [-0.4, -0.2) is 12.1 Å². The van der Waals surface area contributed by atoms with Gasteiger partial charge in [0.05, 0.1) is 6.07 Å². The molecule has 0 spiro atoms. The summed E-state index contributed by atoms with van der Waals surface area (Å²) in [6.07, 6.45) is 32.7. The normalized spacial score (nSPS) is 12.0. The van der Waals surface area contributed by atoms with Gasteiger partial charge in [-0.15, -0.1) is 6.58 Å². The Kier molecular flexibility index (Phi) is 24.4. The molecule has 0 aromatic heterocycles. The van der Waals surface area contributed by atoms with Crippen molar-refractivity contribution in [1.82, 2.24) is 0 Å². The molecular weight excluding hydrogens is 394 g/mol. The first kappa shape index (κ1) is 30.4. The number of unbranched alkanes of at least 4 members (excludes halogenated alkanes) is 19. The lowest BCUT2D eigenvalue weighted by Crippen LogP contribution is -2.13. The summed E-state index contributed by atoms with van der Waals surface area (Å²) in [5.41, 5.74) is 0. The Morgan fingerprint density at radius 3 is 1.47 bits per heavy atom. The minimum Gasteiger partial charge on any atom is -0.458 e. The predicted molar refractivity (Wildman–Crippen MR) is 137 cm³/mol. The average Bonchev–Trinajstić information content (AvgIpc) is 2.78. The van der Waals surface area contributed by atoms with Crippen LogP contribution in [0.3, 0.4) is 0 Å². The molecule has 0 aromatic rings. The minimum atomic E-state index is -0.279. The first-order valence-corrected chi connectivity index (χ1v) is 13.5. The van der Waals surface area contributed by atoms with Crippen molar-refractivity contribution in [2.45, 2.75) is 148 Å². The third-order valence-electron chi connectivity index (χ3n) is 6.10. The molecule has 0 amide bonds. The van der Waals surface area contributed by atoms with E-state index in [9.17, 15) is 4.79 Å². The van der Waals surface area contributed by atoms with Gasteiger partial charge in [-0.3, -0.25) is 4.79 Å². The molecule has 0 aliphatic carbocycles. The van der Waals surface area contributed by atoms with Gasteiger partial charge in [0.25, 0.3) is 0 Å². The molecule has 0 saturated heterocycles. The second kappa shape index (κ2) is 25.7. The van der Waals surface area contributed by atoms with E-state index in [1.807, 2.05) is 12.1 Å². The maximum absolute atomic E-state index is 11.1.